The molecule has 0 unspecified atom stereocenters. The van der Waals surface area contributed by atoms with Crippen LogP contribution in [-0.4, -0.2) is 22.6 Å². The maximum absolute atomic E-state index is 12.8. The summed E-state index contributed by atoms with van der Waals surface area (Å²) in [5.41, 5.74) is 2.14. The van der Waals surface area contributed by atoms with Crippen molar-refractivity contribution in [2.75, 3.05) is 15.2 Å². The fraction of sp³-hybridized carbons (Fsp3) is 0.368. The quantitative estimate of drug-likeness (QED) is 0.690. The van der Waals surface area contributed by atoms with Gasteiger partial charge in [-0.1, -0.05) is 32.0 Å². The van der Waals surface area contributed by atoms with Crippen molar-refractivity contribution in [1.29, 1.82) is 0 Å². The van der Waals surface area contributed by atoms with Crippen LogP contribution in [0.15, 0.2) is 47.4 Å². The molecule has 0 aromatic heterocycles. The number of anilines is 2. The molecule has 8 heteroatoms. The molecule has 2 aromatic rings. The smallest absolute Gasteiger partial charge is 0.262 e. The first-order chi connectivity index (χ1) is 12.5. The summed E-state index contributed by atoms with van der Waals surface area (Å²) in [5, 5.41) is 0. The van der Waals surface area contributed by atoms with Gasteiger partial charge >= 0.3 is 0 Å². The second kappa shape index (κ2) is 8.31. The Labute approximate surface area is 162 Å². The van der Waals surface area contributed by atoms with E-state index in [4.69, 9.17) is 0 Å². The molecule has 0 saturated heterocycles. The Morgan fingerprint density at radius 1 is 0.889 bits per heavy atom. The SMILES string of the molecule is Cc1cccc(NS(=O)(=O)c2cc(NS(=O)(=O)CCC(C)C)ccc2C)c1. The van der Waals surface area contributed by atoms with E-state index in [-0.39, 0.29) is 22.3 Å². The van der Waals surface area contributed by atoms with Gasteiger partial charge in [0.1, 0.15) is 0 Å². The molecule has 0 bridgehead atoms. The standard InChI is InChI=1S/C19H26N2O4S2/c1-14(2)10-11-26(22,23)20-18-9-8-16(4)19(13-18)27(24,25)21-17-7-5-6-15(3)12-17/h5-9,12-14,20-21H,10-11H2,1-4H3. The van der Waals surface area contributed by atoms with E-state index in [1.807, 2.05) is 26.8 Å². The van der Waals surface area contributed by atoms with Crippen molar-refractivity contribution >= 4 is 31.4 Å². The molecule has 0 aliphatic rings. The van der Waals surface area contributed by atoms with Crippen LogP contribution in [0.1, 0.15) is 31.4 Å². The fourth-order valence-electron chi connectivity index (χ4n) is 2.49. The van der Waals surface area contributed by atoms with Crippen molar-refractivity contribution in [2.24, 2.45) is 5.92 Å². The lowest BCUT2D eigenvalue weighted by Gasteiger charge is -2.14. The number of hydrogen-bond acceptors (Lipinski definition) is 4. The number of hydrogen-bond donors (Lipinski definition) is 2. The lowest BCUT2D eigenvalue weighted by atomic mass is 10.2. The zero-order chi connectivity index (χ0) is 20.2. The molecule has 0 heterocycles. The highest BCUT2D eigenvalue weighted by Crippen LogP contribution is 2.24. The van der Waals surface area contributed by atoms with Gasteiger partial charge in [-0.05, 0) is 61.6 Å². The van der Waals surface area contributed by atoms with Gasteiger partial charge in [-0.3, -0.25) is 9.44 Å². The number of benzene rings is 2. The van der Waals surface area contributed by atoms with Crippen LogP contribution in [0.25, 0.3) is 0 Å². The second-order valence-corrected chi connectivity index (χ2v) is 10.6. The predicted octanol–water partition coefficient (Wildman–Crippen LogP) is 3.89. The monoisotopic (exact) mass is 410 g/mol. The maximum atomic E-state index is 12.8. The minimum absolute atomic E-state index is 0.0117. The molecule has 0 aliphatic heterocycles. The van der Waals surface area contributed by atoms with Crippen molar-refractivity contribution < 1.29 is 16.8 Å². The molecule has 148 valence electrons. The highest BCUT2D eigenvalue weighted by atomic mass is 32.2. The van der Waals surface area contributed by atoms with E-state index in [0.717, 1.165) is 5.56 Å². The molecule has 2 N–H and O–H groups in total. The zero-order valence-electron chi connectivity index (χ0n) is 16.0. The summed E-state index contributed by atoms with van der Waals surface area (Å²) in [5.74, 6) is 0.247. The summed E-state index contributed by atoms with van der Waals surface area (Å²) in [6.45, 7) is 7.43. The average Bonchev–Trinajstić information content (AvgIpc) is 2.54. The van der Waals surface area contributed by atoms with E-state index in [2.05, 4.69) is 9.44 Å². The first kappa shape index (κ1) is 21.2. The van der Waals surface area contributed by atoms with Gasteiger partial charge in [0.05, 0.1) is 10.6 Å². The maximum Gasteiger partial charge on any atom is 0.262 e. The van der Waals surface area contributed by atoms with Gasteiger partial charge in [-0.15, -0.1) is 0 Å². The number of aryl methyl sites for hydroxylation is 2. The van der Waals surface area contributed by atoms with Crippen LogP contribution in [0.4, 0.5) is 11.4 Å². The van der Waals surface area contributed by atoms with Crippen molar-refractivity contribution in [1.82, 2.24) is 0 Å². The van der Waals surface area contributed by atoms with Gasteiger partial charge in [0, 0.05) is 11.4 Å². The third-order valence-electron chi connectivity index (χ3n) is 3.99. The van der Waals surface area contributed by atoms with Crippen molar-refractivity contribution in [3.63, 3.8) is 0 Å². The topological polar surface area (TPSA) is 92.3 Å². The first-order valence-electron chi connectivity index (χ1n) is 8.69. The van der Waals surface area contributed by atoms with Crippen LogP contribution >= 0.6 is 0 Å². The summed E-state index contributed by atoms with van der Waals surface area (Å²) in [6.07, 6.45) is 0.529. The first-order valence-corrected chi connectivity index (χ1v) is 11.8. The lowest BCUT2D eigenvalue weighted by molar-refractivity contribution is 0.577. The fourth-order valence-corrected chi connectivity index (χ4v) is 5.18. The van der Waals surface area contributed by atoms with E-state index in [1.54, 1.807) is 37.3 Å². The predicted molar refractivity (Wildman–Crippen MR) is 110 cm³/mol. The largest absolute Gasteiger partial charge is 0.284 e. The summed E-state index contributed by atoms with van der Waals surface area (Å²) < 4.78 is 55.0. The molecule has 0 radical (unpaired) electrons. The average molecular weight is 411 g/mol. The molecule has 0 atom stereocenters. The van der Waals surface area contributed by atoms with E-state index in [1.165, 1.54) is 6.07 Å². The highest BCUT2D eigenvalue weighted by Gasteiger charge is 2.19. The normalized spacial score (nSPS) is 12.2. The lowest BCUT2D eigenvalue weighted by Crippen LogP contribution is -2.19. The summed E-state index contributed by atoms with van der Waals surface area (Å²) >= 11 is 0. The number of nitrogens with one attached hydrogen (secondary N) is 2. The third kappa shape index (κ3) is 6.25. The Kier molecular flexibility index (Phi) is 6.54. The van der Waals surface area contributed by atoms with Crippen LogP contribution in [-0.2, 0) is 20.0 Å². The molecule has 0 fully saturated rings. The van der Waals surface area contributed by atoms with E-state index in [0.29, 0.717) is 17.7 Å². The number of sulfonamides is 2. The summed E-state index contributed by atoms with van der Waals surface area (Å²) in [4.78, 5) is 0.0352. The second-order valence-electron chi connectivity index (χ2n) is 7.06. The molecule has 0 amide bonds. The van der Waals surface area contributed by atoms with Crippen LogP contribution in [0.5, 0.6) is 0 Å². The van der Waals surface area contributed by atoms with Gasteiger partial charge in [-0.25, -0.2) is 16.8 Å². The Hall–Kier alpha value is -2.06. The van der Waals surface area contributed by atoms with Gasteiger partial charge in [0.2, 0.25) is 10.0 Å². The Morgan fingerprint density at radius 2 is 1.56 bits per heavy atom. The molecule has 27 heavy (non-hydrogen) atoms. The molecule has 2 aromatic carbocycles. The number of rotatable bonds is 8. The Bertz CT molecular complexity index is 1010. The van der Waals surface area contributed by atoms with Gasteiger partial charge in [0.15, 0.2) is 0 Å². The van der Waals surface area contributed by atoms with Crippen LogP contribution in [0.3, 0.4) is 0 Å². The Morgan fingerprint density at radius 3 is 2.19 bits per heavy atom. The van der Waals surface area contributed by atoms with Gasteiger partial charge in [0.25, 0.3) is 10.0 Å². The van der Waals surface area contributed by atoms with Crippen molar-refractivity contribution in [2.45, 2.75) is 39.0 Å². The molecule has 0 aliphatic carbocycles. The highest BCUT2D eigenvalue weighted by molar-refractivity contribution is 7.93. The van der Waals surface area contributed by atoms with E-state index in [9.17, 15) is 16.8 Å². The Balaban J connectivity index is 2.28. The minimum Gasteiger partial charge on any atom is -0.284 e. The zero-order valence-corrected chi connectivity index (χ0v) is 17.6. The third-order valence-corrected chi connectivity index (χ3v) is 6.83. The van der Waals surface area contributed by atoms with E-state index >= 15 is 0 Å². The molecular weight excluding hydrogens is 384 g/mol. The molecular formula is C19H26N2O4S2. The molecule has 0 spiro atoms. The van der Waals surface area contributed by atoms with Gasteiger partial charge in [-0.2, -0.15) is 0 Å². The minimum atomic E-state index is -3.85. The van der Waals surface area contributed by atoms with Crippen molar-refractivity contribution in [3.05, 3.63) is 53.6 Å². The molecule has 0 saturated carbocycles. The van der Waals surface area contributed by atoms with Crippen molar-refractivity contribution in [3.8, 4) is 0 Å². The molecule has 2 rings (SSSR count). The van der Waals surface area contributed by atoms with Crippen LogP contribution in [0, 0.1) is 19.8 Å². The summed E-state index contributed by atoms with van der Waals surface area (Å²) in [7, 11) is -7.38. The summed E-state index contributed by atoms with van der Waals surface area (Å²) in [6, 6.07) is 11.5. The van der Waals surface area contributed by atoms with E-state index < -0.39 is 20.0 Å². The van der Waals surface area contributed by atoms with Gasteiger partial charge < -0.3 is 0 Å². The van der Waals surface area contributed by atoms with Crippen LogP contribution < -0.4 is 9.44 Å². The molecule has 6 nitrogen and oxygen atoms in total. The van der Waals surface area contributed by atoms with Crippen LogP contribution in [0.2, 0.25) is 0 Å².